The van der Waals surface area contributed by atoms with Gasteiger partial charge in [0.05, 0.1) is 24.0 Å². The number of aryl methyl sites for hydroxylation is 1. The number of ketones is 2. The number of halogens is 1. The zero-order valence-electron chi connectivity index (χ0n) is 15.6. The summed E-state index contributed by atoms with van der Waals surface area (Å²) in [6.45, 7) is 2.04. The first kappa shape index (κ1) is 17.9. The van der Waals surface area contributed by atoms with E-state index in [1.165, 1.54) is 0 Å². The largest absolute Gasteiger partial charge is 0.457 e. The lowest BCUT2D eigenvalue weighted by molar-refractivity contribution is -0.127. The minimum atomic E-state index is -0.689. The van der Waals surface area contributed by atoms with Crippen molar-refractivity contribution in [1.29, 1.82) is 0 Å². The van der Waals surface area contributed by atoms with Crippen LogP contribution in [0.3, 0.4) is 0 Å². The SMILES string of the molecule is CCc1ccc(Oc2ccc(Cl)cc2)cc1C1C(=O)[C@@H]2[C@H](C1=O)[C@H]1CC[C@@H]2O1. The molecule has 2 bridgehead atoms. The number of carbonyl (C=O) groups excluding carboxylic acids is 2. The normalized spacial score (nSPS) is 30.7. The van der Waals surface area contributed by atoms with Gasteiger partial charge in [-0.25, -0.2) is 0 Å². The van der Waals surface area contributed by atoms with Crippen molar-refractivity contribution in [3.63, 3.8) is 0 Å². The van der Waals surface area contributed by atoms with Crippen LogP contribution in [0.5, 0.6) is 11.5 Å². The van der Waals surface area contributed by atoms with E-state index in [0.29, 0.717) is 16.5 Å². The maximum absolute atomic E-state index is 13.2. The lowest BCUT2D eigenvalue weighted by Gasteiger charge is -2.17. The minimum absolute atomic E-state index is 0.0283. The third kappa shape index (κ3) is 2.70. The van der Waals surface area contributed by atoms with Crippen molar-refractivity contribution < 1.29 is 19.1 Å². The summed E-state index contributed by atoms with van der Waals surface area (Å²) in [6.07, 6.45) is 2.38. The second kappa shape index (κ2) is 6.71. The van der Waals surface area contributed by atoms with Crippen LogP contribution in [-0.2, 0) is 20.7 Å². The molecule has 144 valence electrons. The van der Waals surface area contributed by atoms with Gasteiger partial charge in [-0.1, -0.05) is 24.6 Å². The Balaban J connectivity index is 1.49. The average molecular weight is 397 g/mol. The summed E-state index contributed by atoms with van der Waals surface area (Å²) in [5.41, 5.74) is 1.81. The molecule has 2 aliphatic heterocycles. The molecule has 3 aliphatic rings. The first-order valence-corrected chi connectivity index (χ1v) is 10.2. The van der Waals surface area contributed by atoms with Crippen LogP contribution in [0.1, 0.15) is 36.8 Å². The first-order chi connectivity index (χ1) is 13.6. The van der Waals surface area contributed by atoms with Gasteiger partial charge in [-0.3, -0.25) is 9.59 Å². The molecule has 0 N–H and O–H groups in total. The molecule has 28 heavy (non-hydrogen) atoms. The van der Waals surface area contributed by atoms with Gasteiger partial charge >= 0.3 is 0 Å². The third-order valence-corrected chi connectivity index (χ3v) is 6.61. The molecule has 5 rings (SSSR count). The highest BCUT2D eigenvalue weighted by Gasteiger charge is 2.63. The monoisotopic (exact) mass is 396 g/mol. The van der Waals surface area contributed by atoms with E-state index in [1.54, 1.807) is 24.3 Å². The van der Waals surface area contributed by atoms with Gasteiger partial charge < -0.3 is 9.47 Å². The van der Waals surface area contributed by atoms with Crippen molar-refractivity contribution in [3.8, 4) is 11.5 Å². The molecule has 3 fully saturated rings. The molecule has 1 unspecified atom stereocenters. The van der Waals surface area contributed by atoms with Crippen molar-refractivity contribution >= 4 is 23.2 Å². The molecule has 2 saturated heterocycles. The molecule has 2 aromatic carbocycles. The van der Waals surface area contributed by atoms with E-state index in [9.17, 15) is 9.59 Å². The van der Waals surface area contributed by atoms with Gasteiger partial charge in [0.25, 0.3) is 0 Å². The summed E-state index contributed by atoms with van der Waals surface area (Å²) in [5, 5.41) is 0.639. The predicted octanol–water partition coefficient (Wildman–Crippen LogP) is 4.72. The van der Waals surface area contributed by atoms with Gasteiger partial charge in [0.15, 0.2) is 11.6 Å². The van der Waals surface area contributed by atoms with Crippen molar-refractivity contribution in [2.45, 2.75) is 44.3 Å². The van der Waals surface area contributed by atoms with Crippen LogP contribution in [0.25, 0.3) is 0 Å². The Bertz CT molecular complexity index is 924. The lowest BCUT2D eigenvalue weighted by Crippen LogP contribution is -2.29. The maximum Gasteiger partial charge on any atom is 0.154 e. The van der Waals surface area contributed by atoms with Crippen molar-refractivity contribution in [2.75, 3.05) is 0 Å². The molecule has 5 heteroatoms. The van der Waals surface area contributed by atoms with E-state index >= 15 is 0 Å². The number of ether oxygens (including phenoxy) is 2. The summed E-state index contributed by atoms with van der Waals surface area (Å²) < 4.78 is 11.8. The molecule has 0 aromatic heterocycles. The van der Waals surface area contributed by atoms with Crippen LogP contribution in [0.2, 0.25) is 5.02 Å². The van der Waals surface area contributed by atoms with Crippen molar-refractivity contribution in [2.24, 2.45) is 11.8 Å². The number of rotatable bonds is 4. The lowest BCUT2D eigenvalue weighted by atomic mass is 9.81. The fraction of sp³-hybridized carbons (Fsp3) is 0.391. The van der Waals surface area contributed by atoms with Crippen LogP contribution in [0, 0.1) is 11.8 Å². The molecule has 0 radical (unpaired) electrons. The molecule has 5 atom stereocenters. The molecule has 1 saturated carbocycles. The highest BCUT2D eigenvalue weighted by molar-refractivity contribution is 6.30. The molecule has 2 aromatic rings. The van der Waals surface area contributed by atoms with Crippen LogP contribution >= 0.6 is 11.6 Å². The van der Waals surface area contributed by atoms with Gasteiger partial charge in [0.1, 0.15) is 17.4 Å². The van der Waals surface area contributed by atoms with Gasteiger partial charge in [-0.05, 0) is 66.8 Å². The van der Waals surface area contributed by atoms with E-state index < -0.39 is 5.92 Å². The summed E-state index contributed by atoms with van der Waals surface area (Å²) in [7, 11) is 0. The number of fused-ring (bicyclic) bond motifs is 5. The van der Waals surface area contributed by atoms with Crippen molar-refractivity contribution in [1.82, 2.24) is 0 Å². The summed E-state index contributed by atoms with van der Waals surface area (Å²) in [4.78, 5) is 26.4. The van der Waals surface area contributed by atoms with Gasteiger partial charge in [-0.2, -0.15) is 0 Å². The molecule has 0 amide bonds. The smallest absolute Gasteiger partial charge is 0.154 e. The Labute approximate surface area is 168 Å². The molecule has 2 heterocycles. The third-order valence-electron chi connectivity index (χ3n) is 6.36. The second-order valence-electron chi connectivity index (χ2n) is 7.85. The Hall–Kier alpha value is -2.17. The Morgan fingerprint density at radius 3 is 2.18 bits per heavy atom. The quantitative estimate of drug-likeness (QED) is 0.701. The molecular weight excluding hydrogens is 376 g/mol. The Morgan fingerprint density at radius 1 is 0.964 bits per heavy atom. The summed E-state index contributed by atoms with van der Waals surface area (Å²) in [5.74, 6) is 0.119. The summed E-state index contributed by atoms with van der Waals surface area (Å²) in [6, 6.07) is 12.8. The molecule has 0 spiro atoms. The van der Waals surface area contributed by atoms with Gasteiger partial charge in [-0.15, -0.1) is 0 Å². The Kier molecular flexibility index (Phi) is 4.29. The highest BCUT2D eigenvalue weighted by atomic mass is 35.5. The molecular formula is C23H21ClO4. The summed E-state index contributed by atoms with van der Waals surface area (Å²) >= 11 is 5.93. The second-order valence-corrected chi connectivity index (χ2v) is 8.29. The fourth-order valence-electron chi connectivity index (χ4n) is 5.10. The van der Waals surface area contributed by atoms with Gasteiger partial charge in [0.2, 0.25) is 0 Å². The van der Waals surface area contributed by atoms with E-state index in [0.717, 1.165) is 30.4 Å². The zero-order chi connectivity index (χ0) is 19.4. The predicted molar refractivity (Wildman–Crippen MR) is 105 cm³/mol. The van der Waals surface area contributed by atoms with Crippen LogP contribution in [0.15, 0.2) is 42.5 Å². The van der Waals surface area contributed by atoms with E-state index in [-0.39, 0.29) is 35.6 Å². The van der Waals surface area contributed by atoms with E-state index in [1.807, 2.05) is 25.1 Å². The average Bonchev–Trinajstić information content (AvgIpc) is 3.37. The number of Topliss-reactive ketones (excluding diaryl/α,β-unsaturated/α-hetero) is 2. The highest BCUT2D eigenvalue weighted by Crippen LogP contribution is 2.52. The Morgan fingerprint density at radius 2 is 1.57 bits per heavy atom. The molecule has 4 nitrogen and oxygen atoms in total. The standard InChI is InChI=1S/C23H21ClO4/c1-2-12-3-6-15(27-14-7-4-13(24)5-8-14)11-16(12)19-22(25)20-17-9-10-18(28-17)21(20)23(19)26/h3-8,11,17-21H,2,9-10H2,1H3/t17-,18+,19?,20-,21+. The first-order valence-electron chi connectivity index (χ1n) is 9.86. The number of benzene rings is 2. The van der Waals surface area contributed by atoms with Crippen LogP contribution in [-0.4, -0.2) is 23.8 Å². The fourth-order valence-corrected chi connectivity index (χ4v) is 5.22. The minimum Gasteiger partial charge on any atom is -0.457 e. The van der Waals surface area contributed by atoms with Gasteiger partial charge in [0, 0.05) is 5.02 Å². The number of hydrogen-bond donors (Lipinski definition) is 0. The van der Waals surface area contributed by atoms with Crippen LogP contribution < -0.4 is 4.74 Å². The number of hydrogen-bond acceptors (Lipinski definition) is 4. The van der Waals surface area contributed by atoms with E-state index in [2.05, 4.69) is 0 Å². The van der Waals surface area contributed by atoms with Crippen LogP contribution in [0.4, 0.5) is 0 Å². The van der Waals surface area contributed by atoms with Crippen molar-refractivity contribution in [3.05, 3.63) is 58.6 Å². The zero-order valence-corrected chi connectivity index (χ0v) is 16.3. The molecule has 1 aliphatic carbocycles. The van der Waals surface area contributed by atoms with E-state index in [4.69, 9.17) is 21.1 Å². The topological polar surface area (TPSA) is 52.6 Å². The number of carbonyl (C=O) groups is 2. The maximum atomic E-state index is 13.2.